The van der Waals surface area contributed by atoms with Crippen molar-refractivity contribution in [2.75, 3.05) is 0 Å². The summed E-state index contributed by atoms with van der Waals surface area (Å²) in [4.78, 5) is 0. The molecule has 113 valence electrons. The van der Waals surface area contributed by atoms with Crippen molar-refractivity contribution in [1.82, 2.24) is 0 Å². The third-order valence-corrected chi connectivity index (χ3v) is 3.70. The van der Waals surface area contributed by atoms with E-state index in [9.17, 15) is 0 Å². The van der Waals surface area contributed by atoms with Crippen molar-refractivity contribution in [1.29, 1.82) is 0 Å². The summed E-state index contributed by atoms with van der Waals surface area (Å²) in [6, 6.07) is 22.0. The second-order valence-corrected chi connectivity index (χ2v) is 6.20. The van der Waals surface area contributed by atoms with Gasteiger partial charge in [0.1, 0.15) is 0 Å². The molecular weight excluding hydrogens is 347 g/mol. The van der Waals surface area contributed by atoms with Gasteiger partial charge in [-0.1, -0.05) is 68.8 Å². The molecule has 0 fully saturated rings. The van der Waals surface area contributed by atoms with E-state index < -0.39 is 0 Å². The van der Waals surface area contributed by atoms with Gasteiger partial charge in [-0.25, -0.2) is 0 Å². The predicted octanol–water partition coefficient (Wildman–Crippen LogP) is -0.471. The zero-order valence-electron chi connectivity index (χ0n) is 13.0. The van der Waals surface area contributed by atoms with Gasteiger partial charge in [-0.2, -0.15) is 0 Å². The molecule has 3 rings (SSSR count). The molecule has 0 heterocycles. The molecule has 22 heavy (non-hydrogen) atoms. The second-order valence-electron chi connectivity index (χ2n) is 6.20. The first kappa shape index (κ1) is 21.3. The van der Waals surface area contributed by atoms with Crippen LogP contribution in [0.4, 0.5) is 0 Å². The number of hydrogen-bond acceptors (Lipinski definition) is 0. The molecule has 0 aromatic heterocycles. The summed E-state index contributed by atoms with van der Waals surface area (Å²) >= 11 is 0. The summed E-state index contributed by atoms with van der Waals surface area (Å²) in [6.07, 6.45) is 0. The molecule has 0 bridgehead atoms. The van der Waals surface area contributed by atoms with Gasteiger partial charge < -0.3 is 24.8 Å². The van der Waals surface area contributed by atoms with Crippen molar-refractivity contribution < 1.29 is 46.5 Å². The van der Waals surface area contributed by atoms with Crippen LogP contribution in [0.5, 0.6) is 0 Å². The maximum absolute atomic E-state index is 2.27. The molecule has 0 atom stereocenters. The van der Waals surface area contributed by atoms with Gasteiger partial charge in [0.2, 0.25) is 0 Å². The van der Waals surface area contributed by atoms with Gasteiger partial charge in [-0.15, -0.1) is 34.5 Å². The van der Waals surface area contributed by atoms with E-state index in [1.807, 2.05) is 0 Å². The molecule has 3 aromatic rings. The van der Waals surface area contributed by atoms with Gasteiger partial charge >= 0.3 is 21.7 Å². The first-order valence-corrected chi connectivity index (χ1v) is 6.80. The molecule has 0 unspecified atom stereocenters. The molecule has 0 spiro atoms. The predicted molar refractivity (Wildman–Crippen MR) is 83.7 cm³/mol. The molecule has 3 aromatic carbocycles. The van der Waals surface area contributed by atoms with E-state index >= 15 is 0 Å². The topological polar surface area (TPSA) is 0 Å². The smallest absolute Gasteiger partial charge is 1.00 e. The molecule has 1 radical (unpaired) electrons. The van der Waals surface area contributed by atoms with Gasteiger partial charge in [0.25, 0.3) is 0 Å². The zero-order valence-corrected chi connectivity index (χ0v) is 16.1. The van der Waals surface area contributed by atoms with Crippen LogP contribution in [0.15, 0.2) is 60.7 Å². The summed E-state index contributed by atoms with van der Waals surface area (Å²) in [5.74, 6) is 0. The number of halogens is 2. The van der Waals surface area contributed by atoms with Crippen LogP contribution in [0.1, 0.15) is 26.3 Å². The van der Waals surface area contributed by atoms with Crippen molar-refractivity contribution in [3.63, 3.8) is 0 Å². The minimum absolute atomic E-state index is 0. The molecule has 0 nitrogen and oxygen atoms in total. The summed E-state index contributed by atoms with van der Waals surface area (Å²) in [5.41, 5.74) is 4.20. The Morgan fingerprint density at radius 2 is 1.41 bits per heavy atom. The fourth-order valence-electron chi connectivity index (χ4n) is 2.48. The van der Waals surface area contributed by atoms with Gasteiger partial charge in [-0.3, -0.25) is 0 Å². The summed E-state index contributed by atoms with van der Waals surface area (Å²) in [6.45, 7) is 6.75. The number of benzene rings is 2. The molecular formula is C19H19Cl2Ti. The van der Waals surface area contributed by atoms with Gasteiger partial charge in [0, 0.05) is 0 Å². The Morgan fingerprint density at radius 3 is 1.95 bits per heavy atom. The van der Waals surface area contributed by atoms with Crippen LogP contribution in [-0.4, -0.2) is 0 Å². The fourth-order valence-corrected chi connectivity index (χ4v) is 2.48. The van der Waals surface area contributed by atoms with Crippen LogP contribution in [0.25, 0.3) is 21.9 Å². The SMILES string of the molecule is CC(C)(C)c1ccc(-c2cc3ccccc3[cH-]2)cc1.[Cl-].[Cl-].[Ti+3]. The van der Waals surface area contributed by atoms with Gasteiger partial charge in [0.05, 0.1) is 0 Å². The van der Waals surface area contributed by atoms with E-state index in [2.05, 4.69) is 81.4 Å². The van der Waals surface area contributed by atoms with Crippen molar-refractivity contribution in [2.45, 2.75) is 26.2 Å². The van der Waals surface area contributed by atoms with E-state index in [-0.39, 0.29) is 51.9 Å². The number of hydrogen-bond donors (Lipinski definition) is 0. The molecule has 0 aliphatic rings. The third kappa shape index (κ3) is 4.43. The van der Waals surface area contributed by atoms with Crippen molar-refractivity contribution in [3.8, 4) is 11.1 Å². The van der Waals surface area contributed by atoms with Crippen LogP contribution in [0.2, 0.25) is 0 Å². The van der Waals surface area contributed by atoms with Crippen molar-refractivity contribution in [2.24, 2.45) is 0 Å². The maximum Gasteiger partial charge on any atom is 3.00 e. The quantitative estimate of drug-likeness (QED) is 0.404. The van der Waals surface area contributed by atoms with Gasteiger partial charge in [-0.05, 0) is 11.0 Å². The minimum Gasteiger partial charge on any atom is -1.00 e. The summed E-state index contributed by atoms with van der Waals surface area (Å²) in [5, 5.41) is 2.63. The molecule has 3 heteroatoms. The minimum atomic E-state index is 0. The Labute approximate surface area is 160 Å². The van der Waals surface area contributed by atoms with Crippen LogP contribution < -0.4 is 24.8 Å². The first-order chi connectivity index (χ1) is 9.04. The largest absolute Gasteiger partial charge is 3.00 e. The van der Waals surface area contributed by atoms with Crippen molar-refractivity contribution in [3.05, 3.63) is 66.2 Å². The monoisotopic (exact) mass is 365 g/mol. The standard InChI is InChI=1S/C19H19.2ClH.Ti/c1-19(2,3)18-10-8-14(9-11-18)17-12-15-6-4-5-7-16(15)13-17;;;/h4-13H,1-3H3;2*1H;/q-1;;;+3/p-2. The third-order valence-electron chi connectivity index (χ3n) is 3.70. The van der Waals surface area contributed by atoms with E-state index in [0.29, 0.717) is 0 Å². The Kier molecular flexibility index (Phi) is 8.02. The van der Waals surface area contributed by atoms with Crippen LogP contribution >= 0.6 is 0 Å². The van der Waals surface area contributed by atoms with Crippen LogP contribution in [0, 0.1) is 0 Å². The Bertz CT molecular complexity index is 673. The van der Waals surface area contributed by atoms with Crippen LogP contribution in [0.3, 0.4) is 0 Å². The first-order valence-electron chi connectivity index (χ1n) is 6.80. The number of fused-ring (bicyclic) bond motifs is 1. The normalized spacial score (nSPS) is 10.3. The van der Waals surface area contributed by atoms with Gasteiger partial charge in [0.15, 0.2) is 0 Å². The van der Waals surface area contributed by atoms with E-state index in [1.54, 1.807) is 0 Å². The Balaban J connectivity index is 0.00000147. The van der Waals surface area contributed by atoms with E-state index in [1.165, 1.54) is 27.5 Å². The Hall–Kier alpha value is -0.656. The van der Waals surface area contributed by atoms with E-state index in [0.717, 1.165) is 0 Å². The zero-order chi connectivity index (χ0) is 13.5. The average molecular weight is 366 g/mol. The molecule has 0 N–H and O–H groups in total. The molecule has 0 saturated carbocycles. The second kappa shape index (κ2) is 8.27. The Morgan fingerprint density at radius 1 is 0.818 bits per heavy atom. The molecule has 0 aliphatic carbocycles. The molecule has 0 aliphatic heterocycles. The van der Waals surface area contributed by atoms with Crippen molar-refractivity contribution >= 4 is 10.8 Å². The summed E-state index contributed by atoms with van der Waals surface area (Å²) < 4.78 is 0. The summed E-state index contributed by atoms with van der Waals surface area (Å²) in [7, 11) is 0. The average Bonchev–Trinajstić information content (AvgIpc) is 2.81. The fraction of sp³-hybridized carbons (Fsp3) is 0.211. The van der Waals surface area contributed by atoms with Crippen LogP contribution in [-0.2, 0) is 27.1 Å². The number of rotatable bonds is 1. The van der Waals surface area contributed by atoms with E-state index in [4.69, 9.17) is 0 Å². The molecule has 0 amide bonds. The maximum atomic E-state index is 2.27. The molecule has 0 saturated heterocycles.